The van der Waals surface area contributed by atoms with E-state index in [1.54, 1.807) is 20.8 Å². The lowest BCUT2D eigenvalue weighted by molar-refractivity contribution is -0.287. The maximum atomic E-state index is 13.3. The molecule has 1 saturated carbocycles. The van der Waals surface area contributed by atoms with Gasteiger partial charge in [-0.3, -0.25) is 0 Å². The zero-order chi connectivity index (χ0) is 17.0. The summed E-state index contributed by atoms with van der Waals surface area (Å²) in [5, 5.41) is 2.38. The maximum Gasteiger partial charge on any atom is 0.417 e. The van der Waals surface area contributed by atoms with Gasteiger partial charge in [0.1, 0.15) is 5.60 Å². The summed E-state index contributed by atoms with van der Waals surface area (Å²) in [6, 6.07) is -0.209. The SMILES string of the molecule is CC(C)(C)OC(=O)NCCO[C@]1(C(F)(F)F)CC[C@@H](N)CC1. The summed E-state index contributed by atoms with van der Waals surface area (Å²) in [5.74, 6) is 0. The highest BCUT2D eigenvalue weighted by Crippen LogP contribution is 2.44. The Bertz CT molecular complexity index is 373. The number of hydrogen-bond acceptors (Lipinski definition) is 4. The first-order valence-electron chi connectivity index (χ1n) is 7.38. The largest absolute Gasteiger partial charge is 0.444 e. The number of nitrogens with two attached hydrogens (primary N) is 1. The van der Waals surface area contributed by atoms with Crippen molar-refractivity contribution >= 4 is 6.09 Å². The van der Waals surface area contributed by atoms with Crippen molar-refractivity contribution in [2.75, 3.05) is 13.2 Å². The summed E-state index contributed by atoms with van der Waals surface area (Å²) in [7, 11) is 0. The van der Waals surface area contributed by atoms with Crippen LogP contribution >= 0.6 is 0 Å². The summed E-state index contributed by atoms with van der Waals surface area (Å²) in [4.78, 5) is 11.4. The number of alkyl carbamates (subject to hydrolysis) is 1. The van der Waals surface area contributed by atoms with Gasteiger partial charge in [0.05, 0.1) is 6.61 Å². The third-order valence-electron chi connectivity index (χ3n) is 3.50. The summed E-state index contributed by atoms with van der Waals surface area (Å²) in [5.41, 5.74) is 2.85. The van der Waals surface area contributed by atoms with E-state index in [1.807, 2.05) is 0 Å². The first-order chi connectivity index (χ1) is 9.95. The second-order valence-electron chi connectivity index (χ2n) is 6.61. The van der Waals surface area contributed by atoms with Gasteiger partial charge in [-0.2, -0.15) is 13.2 Å². The Morgan fingerprint density at radius 3 is 2.27 bits per heavy atom. The highest BCUT2D eigenvalue weighted by molar-refractivity contribution is 5.67. The van der Waals surface area contributed by atoms with E-state index in [0.717, 1.165) is 0 Å². The molecule has 0 aromatic carbocycles. The molecule has 22 heavy (non-hydrogen) atoms. The van der Waals surface area contributed by atoms with Crippen LogP contribution in [0.15, 0.2) is 0 Å². The van der Waals surface area contributed by atoms with Crippen LogP contribution in [0.2, 0.25) is 0 Å². The van der Waals surface area contributed by atoms with Crippen LogP contribution in [0.25, 0.3) is 0 Å². The maximum absolute atomic E-state index is 13.3. The van der Waals surface area contributed by atoms with Crippen LogP contribution in [-0.2, 0) is 9.47 Å². The number of hydrogen-bond donors (Lipinski definition) is 2. The molecular weight excluding hydrogens is 301 g/mol. The van der Waals surface area contributed by atoms with Crippen molar-refractivity contribution in [3.8, 4) is 0 Å². The van der Waals surface area contributed by atoms with Crippen molar-refractivity contribution in [3.05, 3.63) is 0 Å². The van der Waals surface area contributed by atoms with Crippen LogP contribution in [0.1, 0.15) is 46.5 Å². The molecule has 8 heteroatoms. The van der Waals surface area contributed by atoms with Gasteiger partial charge in [-0.1, -0.05) is 0 Å². The predicted octanol–water partition coefficient (Wildman–Crippen LogP) is 2.73. The Labute approximate surface area is 128 Å². The third kappa shape index (κ3) is 5.64. The first-order valence-corrected chi connectivity index (χ1v) is 7.38. The Kier molecular flexibility index (Phi) is 6.09. The van der Waals surface area contributed by atoms with E-state index in [0.29, 0.717) is 0 Å². The highest BCUT2D eigenvalue weighted by Gasteiger charge is 2.56. The minimum absolute atomic E-state index is 0.0429. The molecule has 1 fully saturated rings. The number of rotatable bonds is 4. The Hall–Kier alpha value is -1.02. The van der Waals surface area contributed by atoms with Gasteiger partial charge in [0.2, 0.25) is 0 Å². The lowest BCUT2D eigenvalue weighted by Crippen LogP contribution is -2.52. The Morgan fingerprint density at radius 1 is 1.27 bits per heavy atom. The zero-order valence-corrected chi connectivity index (χ0v) is 13.3. The van der Waals surface area contributed by atoms with Gasteiger partial charge in [-0.15, -0.1) is 0 Å². The van der Waals surface area contributed by atoms with Gasteiger partial charge < -0.3 is 20.5 Å². The number of carbonyl (C=O) groups is 1. The molecule has 0 atom stereocenters. The number of halogens is 3. The van der Waals surface area contributed by atoms with Crippen LogP contribution in [-0.4, -0.2) is 42.7 Å². The lowest BCUT2D eigenvalue weighted by Gasteiger charge is -2.40. The van der Waals surface area contributed by atoms with Gasteiger partial charge in [0.25, 0.3) is 0 Å². The molecule has 1 amide bonds. The van der Waals surface area contributed by atoms with Crippen molar-refractivity contribution in [3.63, 3.8) is 0 Å². The smallest absolute Gasteiger partial charge is 0.417 e. The van der Waals surface area contributed by atoms with Crippen molar-refractivity contribution in [2.24, 2.45) is 5.73 Å². The second kappa shape index (κ2) is 7.04. The molecule has 130 valence electrons. The van der Waals surface area contributed by atoms with E-state index in [-0.39, 0.29) is 44.9 Å². The molecule has 5 nitrogen and oxygen atoms in total. The van der Waals surface area contributed by atoms with Gasteiger partial charge in [0, 0.05) is 12.6 Å². The van der Waals surface area contributed by atoms with Gasteiger partial charge in [-0.25, -0.2) is 4.79 Å². The fourth-order valence-electron chi connectivity index (χ4n) is 2.33. The first kappa shape index (κ1) is 19.0. The minimum Gasteiger partial charge on any atom is -0.444 e. The van der Waals surface area contributed by atoms with Crippen molar-refractivity contribution < 1.29 is 27.4 Å². The molecule has 0 aliphatic heterocycles. The number of amides is 1. The van der Waals surface area contributed by atoms with Crippen molar-refractivity contribution in [1.82, 2.24) is 5.32 Å². The quantitative estimate of drug-likeness (QED) is 0.779. The zero-order valence-electron chi connectivity index (χ0n) is 13.3. The van der Waals surface area contributed by atoms with Gasteiger partial charge in [-0.05, 0) is 46.5 Å². The lowest BCUT2D eigenvalue weighted by atomic mass is 9.81. The average Bonchev–Trinajstić information content (AvgIpc) is 2.33. The molecule has 0 aromatic rings. The van der Waals surface area contributed by atoms with E-state index in [1.165, 1.54) is 0 Å². The molecule has 0 radical (unpaired) electrons. The molecule has 0 spiro atoms. The van der Waals surface area contributed by atoms with E-state index in [9.17, 15) is 18.0 Å². The normalized spacial score (nSPS) is 26.6. The molecule has 0 saturated heterocycles. The molecular formula is C14H25F3N2O3. The fraction of sp³-hybridized carbons (Fsp3) is 0.929. The molecule has 1 rings (SSSR count). The van der Waals surface area contributed by atoms with Crippen LogP contribution in [0, 0.1) is 0 Å². The average molecular weight is 326 g/mol. The minimum atomic E-state index is -4.45. The van der Waals surface area contributed by atoms with Crippen LogP contribution in [0.4, 0.5) is 18.0 Å². The monoisotopic (exact) mass is 326 g/mol. The number of ether oxygens (including phenoxy) is 2. The highest BCUT2D eigenvalue weighted by atomic mass is 19.4. The van der Waals surface area contributed by atoms with Crippen LogP contribution in [0.5, 0.6) is 0 Å². The standard InChI is InChI=1S/C14H25F3N2O3/c1-12(2,3)22-11(20)19-8-9-21-13(14(15,16)17)6-4-10(18)5-7-13/h10H,4-9,18H2,1-3H3,(H,19,20)/t10-,13-. The fourth-order valence-corrected chi connectivity index (χ4v) is 2.33. The summed E-state index contributed by atoms with van der Waals surface area (Å²) >= 11 is 0. The second-order valence-corrected chi connectivity index (χ2v) is 6.61. The van der Waals surface area contributed by atoms with E-state index in [2.05, 4.69) is 5.32 Å². The number of nitrogens with one attached hydrogen (secondary N) is 1. The molecule has 3 N–H and O–H groups in total. The molecule has 0 bridgehead atoms. The van der Waals surface area contributed by atoms with Crippen LogP contribution in [0.3, 0.4) is 0 Å². The van der Waals surface area contributed by atoms with E-state index in [4.69, 9.17) is 15.2 Å². The van der Waals surface area contributed by atoms with E-state index >= 15 is 0 Å². The van der Waals surface area contributed by atoms with Gasteiger partial charge >= 0.3 is 12.3 Å². The molecule has 0 aromatic heterocycles. The molecule has 0 heterocycles. The third-order valence-corrected chi connectivity index (χ3v) is 3.50. The molecule has 1 aliphatic carbocycles. The van der Waals surface area contributed by atoms with Gasteiger partial charge in [0.15, 0.2) is 5.60 Å². The van der Waals surface area contributed by atoms with Crippen LogP contribution < -0.4 is 11.1 Å². The van der Waals surface area contributed by atoms with Crippen molar-refractivity contribution in [1.29, 1.82) is 0 Å². The number of carbonyl (C=O) groups excluding carboxylic acids is 1. The Balaban J connectivity index is 2.44. The summed E-state index contributed by atoms with van der Waals surface area (Å²) < 4.78 is 49.9. The van der Waals surface area contributed by atoms with Crippen molar-refractivity contribution in [2.45, 2.75) is 69.9 Å². The van der Waals surface area contributed by atoms with E-state index < -0.39 is 23.5 Å². The Morgan fingerprint density at radius 2 is 1.82 bits per heavy atom. The number of alkyl halides is 3. The topological polar surface area (TPSA) is 73.6 Å². The summed E-state index contributed by atoms with van der Waals surface area (Å²) in [6.07, 6.45) is -4.87. The molecule has 1 aliphatic rings. The predicted molar refractivity (Wildman–Crippen MR) is 75.4 cm³/mol. The molecule has 0 unspecified atom stereocenters. The summed E-state index contributed by atoms with van der Waals surface area (Å²) in [6.45, 7) is 4.83.